The molecular weight excluding hydrogens is 364 g/mol. The fourth-order valence-electron chi connectivity index (χ4n) is 3.40. The van der Waals surface area contributed by atoms with E-state index >= 15 is 0 Å². The van der Waals surface area contributed by atoms with Crippen molar-refractivity contribution in [3.8, 4) is 0 Å². The molecular formula is C20H30N2O4S. The van der Waals surface area contributed by atoms with Crippen LogP contribution in [0.1, 0.15) is 45.1 Å². The van der Waals surface area contributed by atoms with E-state index in [1.807, 2.05) is 30.3 Å². The van der Waals surface area contributed by atoms with Gasteiger partial charge in [-0.2, -0.15) is 0 Å². The zero-order valence-electron chi connectivity index (χ0n) is 16.3. The standard InChI is InChI=1S/C20H30N2O4S/c1-3-15-27(25,26)22(14-8-13-21-12-7-11-19(21)23)20(24)17(2)16-18-9-5-4-6-10-18/h4-6,9-10,17H,3,7-8,11-16H2,1-2H3. The van der Waals surface area contributed by atoms with E-state index in [1.54, 1.807) is 18.7 Å². The average molecular weight is 395 g/mol. The number of hydrogen-bond donors (Lipinski definition) is 0. The van der Waals surface area contributed by atoms with Crippen molar-refractivity contribution in [2.45, 2.75) is 46.0 Å². The van der Waals surface area contributed by atoms with Crippen LogP contribution >= 0.6 is 0 Å². The maximum atomic E-state index is 12.9. The van der Waals surface area contributed by atoms with Crippen LogP contribution in [0.25, 0.3) is 0 Å². The smallest absolute Gasteiger partial charge is 0.239 e. The lowest BCUT2D eigenvalue weighted by molar-refractivity contribution is -0.130. The topological polar surface area (TPSA) is 74.8 Å². The summed E-state index contributed by atoms with van der Waals surface area (Å²) in [6, 6.07) is 9.60. The summed E-state index contributed by atoms with van der Waals surface area (Å²) >= 11 is 0. The molecule has 1 aliphatic heterocycles. The van der Waals surface area contributed by atoms with Gasteiger partial charge in [-0.05, 0) is 31.2 Å². The average Bonchev–Trinajstić information content (AvgIpc) is 3.03. The molecule has 7 heteroatoms. The fourth-order valence-corrected chi connectivity index (χ4v) is 5.00. The van der Waals surface area contributed by atoms with Crippen LogP contribution in [0, 0.1) is 5.92 Å². The van der Waals surface area contributed by atoms with E-state index in [1.165, 1.54) is 0 Å². The largest absolute Gasteiger partial charge is 0.343 e. The Balaban J connectivity index is 2.04. The molecule has 1 saturated heterocycles. The van der Waals surface area contributed by atoms with Gasteiger partial charge in [0.15, 0.2) is 0 Å². The highest BCUT2D eigenvalue weighted by Crippen LogP contribution is 2.16. The molecule has 0 spiro atoms. The molecule has 1 atom stereocenters. The number of hydrogen-bond acceptors (Lipinski definition) is 4. The van der Waals surface area contributed by atoms with E-state index in [0.29, 0.717) is 32.2 Å². The summed E-state index contributed by atoms with van der Waals surface area (Å²) in [5, 5.41) is 0. The lowest BCUT2D eigenvalue weighted by Gasteiger charge is -2.26. The second kappa shape index (κ2) is 9.88. The zero-order valence-corrected chi connectivity index (χ0v) is 17.1. The van der Waals surface area contributed by atoms with Crippen molar-refractivity contribution >= 4 is 21.8 Å². The molecule has 0 aromatic heterocycles. The Morgan fingerprint density at radius 2 is 1.96 bits per heavy atom. The maximum Gasteiger partial charge on any atom is 0.239 e. The van der Waals surface area contributed by atoms with Gasteiger partial charge in [-0.25, -0.2) is 12.7 Å². The molecule has 1 aliphatic rings. The van der Waals surface area contributed by atoms with Crippen LogP contribution in [0.5, 0.6) is 0 Å². The number of nitrogens with zero attached hydrogens (tertiary/aromatic N) is 2. The van der Waals surface area contributed by atoms with E-state index in [-0.39, 0.29) is 24.1 Å². The summed E-state index contributed by atoms with van der Waals surface area (Å²) < 4.78 is 26.3. The first-order valence-electron chi connectivity index (χ1n) is 9.71. The van der Waals surface area contributed by atoms with Gasteiger partial charge in [-0.3, -0.25) is 9.59 Å². The molecule has 0 saturated carbocycles. The van der Waals surface area contributed by atoms with Gasteiger partial charge >= 0.3 is 0 Å². The lowest BCUT2D eigenvalue weighted by Crippen LogP contribution is -2.43. The van der Waals surface area contributed by atoms with Crippen LogP contribution in [0.3, 0.4) is 0 Å². The molecule has 2 amide bonds. The van der Waals surface area contributed by atoms with E-state index < -0.39 is 15.9 Å². The quantitative estimate of drug-likeness (QED) is 0.611. The molecule has 1 fully saturated rings. The van der Waals surface area contributed by atoms with Crippen LogP contribution in [-0.4, -0.2) is 54.8 Å². The van der Waals surface area contributed by atoms with E-state index in [9.17, 15) is 18.0 Å². The molecule has 27 heavy (non-hydrogen) atoms. The predicted molar refractivity (Wildman–Crippen MR) is 106 cm³/mol. The number of sulfonamides is 1. The molecule has 150 valence electrons. The van der Waals surface area contributed by atoms with Gasteiger partial charge in [0.25, 0.3) is 0 Å². The van der Waals surface area contributed by atoms with Crippen molar-refractivity contribution in [2.75, 3.05) is 25.4 Å². The number of carbonyl (C=O) groups is 2. The number of benzene rings is 1. The highest BCUT2D eigenvalue weighted by Gasteiger charge is 2.30. The Hall–Kier alpha value is -1.89. The SMILES string of the molecule is CCCS(=O)(=O)N(CCCN1CCCC1=O)C(=O)C(C)Cc1ccccc1. The van der Waals surface area contributed by atoms with Gasteiger partial charge in [-0.1, -0.05) is 44.2 Å². The first kappa shape index (κ1) is 21.4. The van der Waals surface area contributed by atoms with Crippen molar-refractivity contribution in [1.29, 1.82) is 0 Å². The first-order chi connectivity index (χ1) is 12.8. The summed E-state index contributed by atoms with van der Waals surface area (Å²) in [4.78, 5) is 26.4. The first-order valence-corrected chi connectivity index (χ1v) is 11.3. The molecule has 0 radical (unpaired) electrons. The molecule has 1 aromatic carbocycles. The Labute approximate surface area is 162 Å². The highest BCUT2D eigenvalue weighted by atomic mass is 32.2. The minimum absolute atomic E-state index is 0.0422. The zero-order chi connectivity index (χ0) is 19.9. The molecule has 6 nitrogen and oxygen atoms in total. The molecule has 0 bridgehead atoms. The predicted octanol–water partition coefficient (Wildman–Crippen LogP) is 2.45. The highest BCUT2D eigenvalue weighted by molar-refractivity contribution is 7.89. The maximum absolute atomic E-state index is 12.9. The van der Waals surface area contributed by atoms with Gasteiger partial charge in [-0.15, -0.1) is 0 Å². The normalized spacial score (nSPS) is 15.8. The molecule has 1 unspecified atom stereocenters. The van der Waals surface area contributed by atoms with E-state index in [4.69, 9.17) is 0 Å². The molecule has 1 heterocycles. The number of rotatable bonds is 10. The van der Waals surface area contributed by atoms with Crippen LogP contribution in [-0.2, 0) is 26.0 Å². The van der Waals surface area contributed by atoms with Crippen molar-refractivity contribution in [3.63, 3.8) is 0 Å². The fraction of sp³-hybridized carbons (Fsp3) is 0.600. The van der Waals surface area contributed by atoms with E-state index in [2.05, 4.69) is 0 Å². The number of likely N-dealkylation sites (tertiary alicyclic amines) is 1. The van der Waals surface area contributed by atoms with Crippen molar-refractivity contribution < 1.29 is 18.0 Å². The monoisotopic (exact) mass is 394 g/mol. The minimum Gasteiger partial charge on any atom is -0.343 e. The van der Waals surface area contributed by atoms with Crippen LogP contribution in [0.15, 0.2) is 30.3 Å². The third kappa shape index (κ3) is 6.06. The summed E-state index contributed by atoms with van der Waals surface area (Å²) in [5.41, 5.74) is 1.01. The number of carbonyl (C=O) groups excluding carboxylic acids is 2. The lowest BCUT2D eigenvalue weighted by atomic mass is 10.0. The van der Waals surface area contributed by atoms with Crippen molar-refractivity contribution in [3.05, 3.63) is 35.9 Å². The third-order valence-electron chi connectivity index (χ3n) is 4.81. The summed E-state index contributed by atoms with van der Waals surface area (Å²) in [6.07, 6.45) is 2.85. The van der Waals surface area contributed by atoms with Crippen LogP contribution in [0.2, 0.25) is 0 Å². The van der Waals surface area contributed by atoms with Gasteiger partial charge in [0, 0.05) is 32.0 Å². The molecule has 0 aliphatic carbocycles. The van der Waals surface area contributed by atoms with Crippen molar-refractivity contribution in [2.24, 2.45) is 5.92 Å². The summed E-state index contributed by atoms with van der Waals surface area (Å²) in [7, 11) is -3.64. The third-order valence-corrected chi connectivity index (χ3v) is 6.77. The van der Waals surface area contributed by atoms with E-state index in [0.717, 1.165) is 22.8 Å². The van der Waals surface area contributed by atoms with Gasteiger partial charge in [0.05, 0.1) is 5.75 Å². The molecule has 1 aromatic rings. The summed E-state index contributed by atoms with van der Waals surface area (Å²) in [6.45, 7) is 4.91. The second-order valence-electron chi connectivity index (χ2n) is 7.16. The molecule has 0 N–H and O–H groups in total. The molecule has 2 rings (SSSR count). The van der Waals surface area contributed by atoms with Crippen molar-refractivity contribution in [1.82, 2.24) is 9.21 Å². The van der Waals surface area contributed by atoms with Gasteiger partial charge in [0.2, 0.25) is 21.8 Å². The van der Waals surface area contributed by atoms with Gasteiger partial charge < -0.3 is 4.90 Å². The Morgan fingerprint density at radius 1 is 1.26 bits per heavy atom. The second-order valence-corrected chi connectivity index (χ2v) is 9.17. The summed E-state index contributed by atoms with van der Waals surface area (Å²) in [5.74, 6) is -0.714. The number of amides is 2. The van der Waals surface area contributed by atoms with Crippen LogP contribution < -0.4 is 0 Å². The van der Waals surface area contributed by atoms with Crippen LogP contribution in [0.4, 0.5) is 0 Å². The minimum atomic E-state index is -3.64. The van der Waals surface area contributed by atoms with Gasteiger partial charge in [0.1, 0.15) is 0 Å². The Kier molecular flexibility index (Phi) is 7.83. The Morgan fingerprint density at radius 3 is 2.56 bits per heavy atom. The Bertz CT molecular complexity index is 734.